The Bertz CT molecular complexity index is 193. The zero-order valence-corrected chi connectivity index (χ0v) is 7.77. The lowest BCUT2D eigenvalue weighted by atomic mass is 10.1. The molecule has 4 heteroatoms. The summed E-state index contributed by atoms with van der Waals surface area (Å²) < 4.78 is 0. The van der Waals surface area contributed by atoms with Crippen molar-refractivity contribution in [2.24, 2.45) is 5.92 Å². The van der Waals surface area contributed by atoms with Gasteiger partial charge in [0.25, 0.3) is 0 Å². The maximum absolute atomic E-state index is 3.93. The molecule has 12 heavy (non-hydrogen) atoms. The van der Waals surface area contributed by atoms with Crippen molar-refractivity contribution in [3.63, 3.8) is 0 Å². The van der Waals surface area contributed by atoms with Crippen LogP contribution in [0, 0.1) is 5.92 Å². The van der Waals surface area contributed by atoms with Crippen molar-refractivity contribution >= 4 is 0 Å². The zero-order chi connectivity index (χ0) is 8.81. The van der Waals surface area contributed by atoms with Gasteiger partial charge in [0, 0.05) is 0 Å². The number of aryl methyl sites for hydroxylation is 1. The fourth-order valence-corrected chi connectivity index (χ4v) is 1.10. The summed E-state index contributed by atoms with van der Waals surface area (Å²) in [6, 6.07) is 0. The summed E-state index contributed by atoms with van der Waals surface area (Å²) in [5.74, 6) is 0.800. The minimum absolute atomic E-state index is 0.800. The lowest BCUT2D eigenvalue weighted by Gasteiger charge is -2.02. The van der Waals surface area contributed by atoms with Crippen molar-refractivity contribution in [3.8, 4) is 0 Å². The first-order valence-electron chi connectivity index (χ1n) is 4.50. The molecule has 1 aromatic rings. The summed E-state index contributed by atoms with van der Waals surface area (Å²) in [5.41, 5.74) is 0. The molecule has 0 atom stereocenters. The van der Waals surface area contributed by atoms with E-state index in [2.05, 4.69) is 29.3 Å². The second kappa shape index (κ2) is 4.85. The van der Waals surface area contributed by atoms with Crippen LogP contribution in [0.2, 0.25) is 0 Å². The molecule has 0 saturated heterocycles. The van der Waals surface area contributed by atoms with Gasteiger partial charge in [0.05, 0.1) is 6.54 Å². The molecule has 0 spiro atoms. The third-order valence-electron chi connectivity index (χ3n) is 1.78. The number of hydrogen-bond donors (Lipinski definition) is 0. The van der Waals surface area contributed by atoms with Crippen LogP contribution in [0.3, 0.4) is 0 Å². The van der Waals surface area contributed by atoms with Crippen molar-refractivity contribution in [3.05, 3.63) is 6.33 Å². The number of aromatic nitrogens is 4. The SMILES string of the molecule is CC(C)CCCCn1ncnn1. The molecular weight excluding hydrogens is 152 g/mol. The van der Waals surface area contributed by atoms with Gasteiger partial charge in [-0.3, -0.25) is 0 Å². The molecule has 68 valence electrons. The van der Waals surface area contributed by atoms with Crippen molar-refractivity contribution in [1.29, 1.82) is 0 Å². The molecule has 0 aliphatic heterocycles. The van der Waals surface area contributed by atoms with E-state index in [-0.39, 0.29) is 0 Å². The van der Waals surface area contributed by atoms with Gasteiger partial charge in [-0.1, -0.05) is 26.7 Å². The Morgan fingerprint density at radius 3 is 2.75 bits per heavy atom. The molecule has 0 aromatic carbocycles. The Labute approximate surface area is 73.0 Å². The average molecular weight is 168 g/mol. The van der Waals surface area contributed by atoms with E-state index in [1.807, 2.05) is 0 Å². The quantitative estimate of drug-likeness (QED) is 0.626. The Hall–Kier alpha value is -0.930. The topological polar surface area (TPSA) is 43.6 Å². The highest BCUT2D eigenvalue weighted by Crippen LogP contribution is 2.06. The molecule has 0 bridgehead atoms. The van der Waals surface area contributed by atoms with E-state index in [4.69, 9.17) is 0 Å². The maximum Gasteiger partial charge on any atom is 0.162 e. The molecule has 0 N–H and O–H groups in total. The second-order valence-electron chi connectivity index (χ2n) is 3.42. The molecule has 1 aromatic heterocycles. The van der Waals surface area contributed by atoms with Crippen LogP contribution in [-0.4, -0.2) is 20.2 Å². The number of unbranched alkanes of at least 4 members (excludes halogenated alkanes) is 1. The molecule has 0 fully saturated rings. The second-order valence-corrected chi connectivity index (χ2v) is 3.42. The van der Waals surface area contributed by atoms with E-state index >= 15 is 0 Å². The summed E-state index contributed by atoms with van der Waals surface area (Å²) >= 11 is 0. The molecule has 0 amide bonds. The van der Waals surface area contributed by atoms with Crippen LogP contribution in [0.5, 0.6) is 0 Å². The lowest BCUT2D eigenvalue weighted by molar-refractivity contribution is 0.455. The van der Waals surface area contributed by atoms with E-state index in [1.165, 1.54) is 19.2 Å². The molecule has 0 radical (unpaired) electrons. The minimum atomic E-state index is 0.800. The first-order valence-corrected chi connectivity index (χ1v) is 4.50. The molecule has 0 aliphatic rings. The normalized spacial score (nSPS) is 10.9. The first kappa shape index (κ1) is 9.16. The highest BCUT2D eigenvalue weighted by atomic mass is 15.6. The molecule has 0 aliphatic carbocycles. The monoisotopic (exact) mass is 168 g/mol. The summed E-state index contributed by atoms with van der Waals surface area (Å²) in [5, 5.41) is 11.4. The zero-order valence-electron chi connectivity index (χ0n) is 7.77. The van der Waals surface area contributed by atoms with E-state index in [0.29, 0.717) is 0 Å². The molecule has 0 saturated carbocycles. The van der Waals surface area contributed by atoms with Crippen LogP contribution < -0.4 is 0 Å². The summed E-state index contributed by atoms with van der Waals surface area (Å²) in [6.07, 6.45) is 5.16. The molecule has 1 rings (SSSR count). The van der Waals surface area contributed by atoms with E-state index < -0.39 is 0 Å². The predicted octanol–water partition coefficient (Wildman–Crippen LogP) is 1.50. The average Bonchev–Trinajstić information content (AvgIpc) is 2.49. The Morgan fingerprint density at radius 1 is 1.33 bits per heavy atom. The number of tetrazole rings is 1. The number of rotatable bonds is 5. The summed E-state index contributed by atoms with van der Waals surface area (Å²) in [4.78, 5) is 1.64. The van der Waals surface area contributed by atoms with Crippen LogP contribution >= 0.6 is 0 Å². The molecular formula is C8H16N4. The standard InChI is InChI=1S/C8H16N4/c1-8(2)5-3-4-6-12-10-7-9-11-12/h7-8H,3-6H2,1-2H3. The molecule has 4 nitrogen and oxygen atoms in total. The minimum Gasteiger partial charge on any atom is -0.164 e. The van der Waals surface area contributed by atoms with Gasteiger partial charge in [-0.25, -0.2) is 0 Å². The van der Waals surface area contributed by atoms with Crippen molar-refractivity contribution in [2.45, 2.75) is 39.7 Å². The number of nitrogens with zero attached hydrogens (tertiary/aromatic N) is 4. The highest BCUT2D eigenvalue weighted by Gasteiger charge is 1.95. The van der Waals surface area contributed by atoms with Gasteiger partial charge in [-0.2, -0.15) is 4.80 Å². The van der Waals surface area contributed by atoms with Crippen LogP contribution in [-0.2, 0) is 6.54 Å². The Balaban J connectivity index is 2.04. The van der Waals surface area contributed by atoms with E-state index in [9.17, 15) is 0 Å². The van der Waals surface area contributed by atoms with Gasteiger partial charge in [0.1, 0.15) is 0 Å². The van der Waals surface area contributed by atoms with Gasteiger partial charge in [0.15, 0.2) is 6.33 Å². The third kappa shape index (κ3) is 3.46. The first-order chi connectivity index (χ1) is 5.79. The molecule has 0 unspecified atom stereocenters. The predicted molar refractivity (Wildman–Crippen MR) is 46.5 cm³/mol. The fraction of sp³-hybridized carbons (Fsp3) is 0.875. The largest absolute Gasteiger partial charge is 0.164 e. The van der Waals surface area contributed by atoms with Gasteiger partial charge < -0.3 is 0 Å². The van der Waals surface area contributed by atoms with E-state index in [1.54, 1.807) is 4.80 Å². The fourth-order valence-electron chi connectivity index (χ4n) is 1.10. The van der Waals surface area contributed by atoms with Gasteiger partial charge in [0.2, 0.25) is 0 Å². The third-order valence-corrected chi connectivity index (χ3v) is 1.78. The van der Waals surface area contributed by atoms with Crippen LogP contribution in [0.4, 0.5) is 0 Å². The van der Waals surface area contributed by atoms with Crippen molar-refractivity contribution < 1.29 is 0 Å². The smallest absolute Gasteiger partial charge is 0.162 e. The van der Waals surface area contributed by atoms with Crippen LogP contribution in [0.1, 0.15) is 33.1 Å². The lowest BCUT2D eigenvalue weighted by Crippen LogP contribution is -2.02. The van der Waals surface area contributed by atoms with Gasteiger partial charge >= 0.3 is 0 Å². The Morgan fingerprint density at radius 2 is 2.17 bits per heavy atom. The van der Waals surface area contributed by atoms with Crippen LogP contribution in [0.25, 0.3) is 0 Å². The van der Waals surface area contributed by atoms with Gasteiger partial charge in [-0.05, 0) is 17.6 Å². The summed E-state index contributed by atoms with van der Waals surface area (Å²) in [7, 11) is 0. The van der Waals surface area contributed by atoms with Crippen LogP contribution in [0.15, 0.2) is 6.33 Å². The maximum atomic E-state index is 3.93. The van der Waals surface area contributed by atoms with E-state index in [0.717, 1.165) is 18.9 Å². The van der Waals surface area contributed by atoms with Crippen molar-refractivity contribution in [2.75, 3.05) is 0 Å². The van der Waals surface area contributed by atoms with Gasteiger partial charge in [-0.15, -0.1) is 10.2 Å². The number of hydrogen-bond acceptors (Lipinski definition) is 3. The molecule has 1 heterocycles. The van der Waals surface area contributed by atoms with Crippen molar-refractivity contribution in [1.82, 2.24) is 20.2 Å². The highest BCUT2D eigenvalue weighted by molar-refractivity contribution is 4.47. The Kier molecular flexibility index (Phi) is 3.70. The summed E-state index contributed by atoms with van der Waals surface area (Å²) in [6.45, 7) is 5.38.